The molecule has 0 radical (unpaired) electrons. The fourth-order valence-electron chi connectivity index (χ4n) is 2.49. The van der Waals surface area contributed by atoms with E-state index in [2.05, 4.69) is 51.8 Å². The number of nitrogens with two attached hydrogens (primary N) is 1. The van der Waals surface area contributed by atoms with Gasteiger partial charge in [0.15, 0.2) is 0 Å². The SMILES string of the molecule is CC(C)Oc1cccc(C(CN)N(C)C(C)C(C)(C)C)c1. The Morgan fingerprint density at radius 2 is 1.81 bits per heavy atom. The molecule has 1 aromatic carbocycles. The molecule has 0 aliphatic rings. The lowest BCUT2D eigenvalue weighted by molar-refractivity contribution is 0.0999. The van der Waals surface area contributed by atoms with E-state index >= 15 is 0 Å². The van der Waals surface area contributed by atoms with Crippen LogP contribution >= 0.6 is 0 Å². The molecular weight excluding hydrogens is 260 g/mol. The highest BCUT2D eigenvalue weighted by Crippen LogP contribution is 2.30. The third-order valence-electron chi connectivity index (χ3n) is 4.19. The third kappa shape index (κ3) is 5.01. The Morgan fingerprint density at radius 3 is 2.29 bits per heavy atom. The Kier molecular flexibility index (Phi) is 6.24. The monoisotopic (exact) mass is 292 g/mol. The minimum atomic E-state index is 0.183. The van der Waals surface area contributed by atoms with E-state index in [0.29, 0.717) is 12.6 Å². The molecule has 2 atom stereocenters. The number of nitrogens with zero attached hydrogens (tertiary/aromatic N) is 1. The van der Waals surface area contributed by atoms with Crippen molar-refractivity contribution >= 4 is 0 Å². The first-order valence-corrected chi connectivity index (χ1v) is 7.85. The highest BCUT2D eigenvalue weighted by atomic mass is 16.5. The van der Waals surface area contributed by atoms with Crippen molar-refractivity contribution in [2.24, 2.45) is 11.1 Å². The first-order chi connectivity index (χ1) is 9.66. The molecular formula is C18H32N2O. The van der Waals surface area contributed by atoms with Crippen LogP contribution in [0.2, 0.25) is 0 Å². The smallest absolute Gasteiger partial charge is 0.120 e. The summed E-state index contributed by atoms with van der Waals surface area (Å²) in [5.74, 6) is 0.915. The first kappa shape index (κ1) is 18.0. The summed E-state index contributed by atoms with van der Waals surface area (Å²) in [7, 11) is 2.16. The van der Waals surface area contributed by atoms with Gasteiger partial charge >= 0.3 is 0 Å². The maximum Gasteiger partial charge on any atom is 0.120 e. The molecule has 0 saturated heterocycles. The summed E-state index contributed by atoms with van der Waals surface area (Å²) in [5.41, 5.74) is 7.49. The van der Waals surface area contributed by atoms with E-state index in [1.165, 1.54) is 5.56 Å². The van der Waals surface area contributed by atoms with Gasteiger partial charge < -0.3 is 10.5 Å². The number of hydrogen-bond donors (Lipinski definition) is 1. The van der Waals surface area contributed by atoms with Gasteiger partial charge in [-0.05, 0) is 50.9 Å². The van der Waals surface area contributed by atoms with E-state index in [0.717, 1.165) is 5.75 Å². The second-order valence-electron chi connectivity index (χ2n) is 7.20. The largest absolute Gasteiger partial charge is 0.491 e. The van der Waals surface area contributed by atoms with E-state index in [9.17, 15) is 0 Å². The molecule has 21 heavy (non-hydrogen) atoms. The Hall–Kier alpha value is -1.06. The lowest BCUT2D eigenvalue weighted by Gasteiger charge is -2.40. The van der Waals surface area contributed by atoms with Crippen molar-refractivity contribution in [1.82, 2.24) is 4.90 Å². The van der Waals surface area contributed by atoms with Gasteiger partial charge in [0.25, 0.3) is 0 Å². The molecule has 0 spiro atoms. The van der Waals surface area contributed by atoms with Crippen LogP contribution in [0.5, 0.6) is 5.75 Å². The second-order valence-corrected chi connectivity index (χ2v) is 7.20. The summed E-state index contributed by atoms with van der Waals surface area (Å²) in [6.07, 6.45) is 0.183. The molecule has 3 heteroatoms. The van der Waals surface area contributed by atoms with E-state index in [-0.39, 0.29) is 17.6 Å². The molecule has 0 aliphatic carbocycles. The van der Waals surface area contributed by atoms with Crippen LogP contribution in [0.3, 0.4) is 0 Å². The van der Waals surface area contributed by atoms with Gasteiger partial charge in [0.1, 0.15) is 5.75 Å². The first-order valence-electron chi connectivity index (χ1n) is 7.85. The van der Waals surface area contributed by atoms with Crippen LogP contribution in [0.4, 0.5) is 0 Å². The van der Waals surface area contributed by atoms with Gasteiger partial charge in [0.05, 0.1) is 6.10 Å². The van der Waals surface area contributed by atoms with Gasteiger partial charge in [-0.1, -0.05) is 32.9 Å². The zero-order chi connectivity index (χ0) is 16.2. The fraction of sp³-hybridized carbons (Fsp3) is 0.667. The quantitative estimate of drug-likeness (QED) is 0.865. The lowest BCUT2D eigenvalue weighted by Crippen LogP contribution is -2.43. The topological polar surface area (TPSA) is 38.5 Å². The highest BCUT2D eigenvalue weighted by Gasteiger charge is 2.28. The van der Waals surface area contributed by atoms with Crippen LogP contribution in [0.15, 0.2) is 24.3 Å². The van der Waals surface area contributed by atoms with Crippen LogP contribution in [-0.2, 0) is 0 Å². The third-order valence-corrected chi connectivity index (χ3v) is 4.19. The zero-order valence-electron chi connectivity index (χ0n) is 14.7. The number of benzene rings is 1. The summed E-state index contributed by atoms with van der Waals surface area (Å²) >= 11 is 0. The Balaban J connectivity index is 2.99. The highest BCUT2D eigenvalue weighted by molar-refractivity contribution is 5.31. The number of likely N-dealkylation sites (N-methyl/N-ethyl adjacent to an activating group) is 1. The van der Waals surface area contributed by atoms with Crippen molar-refractivity contribution < 1.29 is 4.74 Å². The number of rotatable bonds is 6. The van der Waals surface area contributed by atoms with Crippen molar-refractivity contribution in [3.63, 3.8) is 0 Å². The van der Waals surface area contributed by atoms with E-state index < -0.39 is 0 Å². The lowest BCUT2D eigenvalue weighted by atomic mass is 9.86. The van der Waals surface area contributed by atoms with Gasteiger partial charge in [-0.25, -0.2) is 0 Å². The maximum absolute atomic E-state index is 6.06. The Morgan fingerprint density at radius 1 is 1.19 bits per heavy atom. The minimum absolute atomic E-state index is 0.183. The molecule has 0 heterocycles. The van der Waals surface area contributed by atoms with Crippen LogP contribution in [0.25, 0.3) is 0 Å². The van der Waals surface area contributed by atoms with Crippen LogP contribution in [0.1, 0.15) is 53.1 Å². The van der Waals surface area contributed by atoms with Crippen LogP contribution < -0.4 is 10.5 Å². The Labute approximate surface area is 130 Å². The van der Waals surface area contributed by atoms with Crippen molar-refractivity contribution in [1.29, 1.82) is 0 Å². The molecule has 0 aliphatic heterocycles. The van der Waals surface area contributed by atoms with E-state index in [4.69, 9.17) is 10.5 Å². The van der Waals surface area contributed by atoms with E-state index in [1.807, 2.05) is 26.0 Å². The van der Waals surface area contributed by atoms with Crippen molar-refractivity contribution in [3.05, 3.63) is 29.8 Å². The number of ether oxygens (including phenoxy) is 1. The summed E-state index contributed by atoms with van der Waals surface area (Å²) in [5, 5.41) is 0. The molecule has 0 bridgehead atoms. The van der Waals surface area contributed by atoms with Gasteiger partial charge in [-0.2, -0.15) is 0 Å². The van der Waals surface area contributed by atoms with Gasteiger partial charge in [0, 0.05) is 18.6 Å². The predicted molar refractivity (Wildman–Crippen MR) is 90.7 cm³/mol. The summed E-state index contributed by atoms with van der Waals surface area (Å²) in [6, 6.07) is 8.94. The Bertz CT molecular complexity index is 437. The van der Waals surface area contributed by atoms with Gasteiger partial charge in [-0.15, -0.1) is 0 Å². The predicted octanol–water partition coefficient (Wildman–Crippen LogP) is 3.84. The molecule has 2 unspecified atom stereocenters. The number of hydrogen-bond acceptors (Lipinski definition) is 3. The van der Waals surface area contributed by atoms with Gasteiger partial charge in [-0.3, -0.25) is 4.90 Å². The summed E-state index contributed by atoms with van der Waals surface area (Å²) in [4.78, 5) is 2.37. The van der Waals surface area contributed by atoms with E-state index in [1.54, 1.807) is 0 Å². The molecule has 120 valence electrons. The molecule has 0 amide bonds. The van der Waals surface area contributed by atoms with Crippen molar-refractivity contribution in [2.45, 2.75) is 59.7 Å². The van der Waals surface area contributed by atoms with Crippen molar-refractivity contribution in [2.75, 3.05) is 13.6 Å². The molecule has 0 saturated carbocycles. The average molecular weight is 292 g/mol. The average Bonchev–Trinajstić information content (AvgIpc) is 2.37. The van der Waals surface area contributed by atoms with Crippen LogP contribution in [-0.4, -0.2) is 30.6 Å². The second kappa shape index (κ2) is 7.28. The maximum atomic E-state index is 6.06. The summed E-state index contributed by atoms with van der Waals surface area (Å²) in [6.45, 7) is 13.7. The molecule has 3 nitrogen and oxygen atoms in total. The molecule has 0 aromatic heterocycles. The summed E-state index contributed by atoms with van der Waals surface area (Å²) < 4.78 is 5.80. The van der Waals surface area contributed by atoms with Crippen LogP contribution in [0, 0.1) is 5.41 Å². The molecule has 1 aromatic rings. The fourth-order valence-corrected chi connectivity index (χ4v) is 2.49. The molecule has 2 N–H and O–H groups in total. The molecule has 0 fully saturated rings. The standard InChI is InChI=1S/C18H32N2O/c1-13(2)21-16-10-8-9-15(11-16)17(12-19)20(7)14(3)18(4,5)6/h8-11,13-14,17H,12,19H2,1-7H3. The van der Waals surface area contributed by atoms with Crippen molar-refractivity contribution in [3.8, 4) is 5.75 Å². The normalized spacial score (nSPS) is 15.3. The van der Waals surface area contributed by atoms with Gasteiger partial charge in [0.2, 0.25) is 0 Å². The minimum Gasteiger partial charge on any atom is -0.491 e. The zero-order valence-corrected chi connectivity index (χ0v) is 14.7. The molecule has 1 rings (SSSR count).